The van der Waals surface area contributed by atoms with Crippen molar-refractivity contribution in [3.8, 4) is 0 Å². The van der Waals surface area contributed by atoms with Crippen molar-refractivity contribution in [1.82, 2.24) is 24.5 Å². The van der Waals surface area contributed by atoms with Crippen molar-refractivity contribution in [3.05, 3.63) is 53.7 Å². The van der Waals surface area contributed by atoms with Crippen molar-refractivity contribution >= 4 is 29.1 Å². The first kappa shape index (κ1) is 25.4. The number of likely N-dealkylation sites (N-methyl/N-ethyl adjacent to an activating group) is 1. The van der Waals surface area contributed by atoms with E-state index in [9.17, 15) is 4.79 Å². The molecule has 0 spiro atoms. The summed E-state index contributed by atoms with van der Waals surface area (Å²) in [6.07, 6.45) is 7.14. The van der Waals surface area contributed by atoms with Crippen LogP contribution in [0.15, 0.2) is 42.6 Å². The standard InChI is InChI=1S/C26H36N8O2/c1-18(2)22-17-29-34-24(22)31-25(30-20-10-13-36-14-11-20)32-26(34)28-16-19-7-5-8-21(15-19)27-12-6-9-23(35)33(3)4/h5-9,15,17-18,20,27H,10-14,16H2,1-4H3,(H2,28,30,31,32). The Morgan fingerprint density at radius 3 is 2.78 bits per heavy atom. The third-order valence-electron chi connectivity index (χ3n) is 6.07. The summed E-state index contributed by atoms with van der Waals surface area (Å²) in [5, 5.41) is 14.8. The van der Waals surface area contributed by atoms with Crippen LogP contribution < -0.4 is 16.0 Å². The van der Waals surface area contributed by atoms with Gasteiger partial charge in [-0.05, 0) is 36.5 Å². The van der Waals surface area contributed by atoms with Gasteiger partial charge in [0.2, 0.25) is 17.8 Å². The number of nitrogens with one attached hydrogen (secondary N) is 3. The maximum atomic E-state index is 11.7. The van der Waals surface area contributed by atoms with Gasteiger partial charge in [-0.15, -0.1) is 0 Å². The molecule has 0 bridgehead atoms. The molecule has 1 aliphatic rings. The second-order valence-electron chi connectivity index (χ2n) is 9.46. The lowest BCUT2D eigenvalue weighted by atomic mass is 10.1. The van der Waals surface area contributed by atoms with Crippen molar-refractivity contribution in [2.75, 3.05) is 49.8 Å². The van der Waals surface area contributed by atoms with Crippen molar-refractivity contribution in [3.63, 3.8) is 0 Å². The normalized spacial score (nSPS) is 14.5. The number of benzene rings is 1. The number of ether oxygens (including phenoxy) is 1. The fourth-order valence-corrected chi connectivity index (χ4v) is 3.96. The Labute approximate surface area is 212 Å². The summed E-state index contributed by atoms with van der Waals surface area (Å²) in [6.45, 7) is 6.92. The average molecular weight is 493 g/mol. The second-order valence-corrected chi connectivity index (χ2v) is 9.46. The molecule has 3 aromatic rings. The minimum atomic E-state index is -0.0316. The molecule has 1 saturated heterocycles. The number of hydrogen-bond acceptors (Lipinski definition) is 8. The molecule has 4 rings (SSSR count). The Balaban J connectivity index is 1.47. The Morgan fingerprint density at radius 2 is 2.03 bits per heavy atom. The van der Waals surface area contributed by atoms with E-state index < -0.39 is 0 Å². The molecule has 0 radical (unpaired) electrons. The number of fused-ring (bicyclic) bond motifs is 1. The lowest BCUT2D eigenvalue weighted by Crippen LogP contribution is -2.29. The van der Waals surface area contributed by atoms with Crippen LogP contribution >= 0.6 is 0 Å². The summed E-state index contributed by atoms with van der Waals surface area (Å²) in [5.41, 5.74) is 3.97. The number of aromatic nitrogens is 4. The largest absolute Gasteiger partial charge is 0.382 e. The average Bonchev–Trinajstić information content (AvgIpc) is 3.30. The zero-order chi connectivity index (χ0) is 25.5. The van der Waals surface area contributed by atoms with Gasteiger partial charge in [0.25, 0.3) is 0 Å². The van der Waals surface area contributed by atoms with Crippen LogP contribution in [-0.4, -0.2) is 70.3 Å². The third kappa shape index (κ3) is 6.51. The first-order valence-electron chi connectivity index (χ1n) is 12.4. The maximum Gasteiger partial charge on any atom is 0.245 e. The summed E-state index contributed by atoms with van der Waals surface area (Å²) >= 11 is 0. The third-order valence-corrected chi connectivity index (χ3v) is 6.07. The highest BCUT2D eigenvalue weighted by Crippen LogP contribution is 2.23. The predicted octanol–water partition coefficient (Wildman–Crippen LogP) is 3.51. The molecule has 10 heteroatoms. The molecule has 2 aromatic heterocycles. The topological polar surface area (TPSA) is 109 Å². The van der Waals surface area contributed by atoms with Gasteiger partial charge in [-0.1, -0.05) is 32.1 Å². The van der Waals surface area contributed by atoms with E-state index in [2.05, 4.69) is 47.0 Å². The minimum Gasteiger partial charge on any atom is -0.382 e. The van der Waals surface area contributed by atoms with Crippen molar-refractivity contribution in [2.24, 2.45) is 0 Å². The van der Waals surface area contributed by atoms with Crippen molar-refractivity contribution < 1.29 is 9.53 Å². The molecule has 192 valence electrons. The second kappa shape index (κ2) is 11.9. The van der Waals surface area contributed by atoms with E-state index in [1.54, 1.807) is 29.6 Å². The van der Waals surface area contributed by atoms with Gasteiger partial charge in [0, 0.05) is 63.8 Å². The Bertz CT molecular complexity index is 1200. The molecule has 0 aliphatic carbocycles. The van der Waals surface area contributed by atoms with Gasteiger partial charge >= 0.3 is 0 Å². The highest BCUT2D eigenvalue weighted by Gasteiger charge is 2.19. The number of nitrogens with zero attached hydrogens (tertiary/aromatic N) is 5. The van der Waals surface area contributed by atoms with Crippen LogP contribution in [0.25, 0.3) is 5.65 Å². The van der Waals surface area contributed by atoms with E-state index >= 15 is 0 Å². The van der Waals surface area contributed by atoms with Crippen LogP contribution in [0.1, 0.15) is 43.7 Å². The van der Waals surface area contributed by atoms with Crippen LogP contribution in [0, 0.1) is 0 Å². The summed E-state index contributed by atoms with van der Waals surface area (Å²) in [5.74, 6) is 1.51. The lowest BCUT2D eigenvalue weighted by Gasteiger charge is -2.23. The van der Waals surface area contributed by atoms with Crippen LogP contribution in [0.5, 0.6) is 0 Å². The van der Waals surface area contributed by atoms with Gasteiger partial charge in [-0.25, -0.2) is 0 Å². The van der Waals surface area contributed by atoms with Gasteiger partial charge in [0.15, 0.2) is 5.65 Å². The lowest BCUT2D eigenvalue weighted by molar-refractivity contribution is -0.123. The highest BCUT2D eigenvalue weighted by molar-refractivity contribution is 5.87. The molecule has 0 unspecified atom stereocenters. The van der Waals surface area contributed by atoms with Gasteiger partial charge in [0.05, 0.1) is 6.20 Å². The molecule has 1 aliphatic heterocycles. The Morgan fingerprint density at radius 1 is 1.22 bits per heavy atom. The molecule has 3 heterocycles. The molecule has 1 aromatic carbocycles. The molecule has 0 atom stereocenters. The number of carbonyl (C=O) groups is 1. The molecule has 0 saturated carbocycles. The van der Waals surface area contributed by atoms with E-state index in [0.29, 0.717) is 36.9 Å². The molecule has 1 fully saturated rings. The zero-order valence-electron chi connectivity index (χ0n) is 21.5. The van der Waals surface area contributed by atoms with E-state index in [1.807, 2.05) is 24.4 Å². The van der Waals surface area contributed by atoms with Gasteiger partial charge in [-0.3, -0.25) is 4.79 Å². The number of rotatable bonds is 10. The molecular weight excluding hydrogens is 456 g/mol. The number of carbonyl (C=O) groups excluding carboxylic acids is 1. The molecule has 10 nitrogen and oxygen atoms in total. The Kier molecular flexibility index (Phi) is 8.37. The SMILES string of the molecule is CC(C)c1cnn2c(NCc3cccc(NCC=CC(=O)N(C)C)c3)nc(NC3CCOCC3)nc12. The summed E-state index contributed by atoms with van der Waals surface area (Å²) in [4.78, 5) is 22.8. The van der Waals surface area contributed by atoms with Crippen molar-refractivity contribution in [1.29, 1.82) is 0 Å². The highest BCUT2D eigenvalue weighted by atomic mass is 16.5. The predicted molar refractivity (Wildman–Crippen MR) is 142 cm³/mol. The number of hydrogen-bond donors (Lipinski definition) is 3. The van der Waals surface area contributed by atoms with E-state index in [1.165, 1.54) is 0 Å². The maximum absolute atomic E-state index is 11.7. The summed E-state index contributed by atoms with van der Waals surface area (Å²) < 4.78 is 7.26. The molecule has 3 N–H and O–H groups in total. The van der Waals surface area contributed by atoms with Gasteiger partial charge in [0.1, 0.15) is 0 Å². The minimum absolute atomic E-state index is 0.0316. The number of amides is 1. The van der Waals surface area contributed by atoms with E-state index in [-0.39, 0.29) is 5.91 Å². The van der Waals surface area contributed by atoms with Gasteiger partial charge in [-0.2, -0.15) is 19.6 Å². The molecular formula is C26H36N8O2. The zero-order valence-corrected chi connectivity index (χ0v) is 21.5. The Hall–Kier alpha value is -3.66. The smallest absolute Gasteiger partial charge is 0.245 e. The summed E-state index contributed by atoms with van der Waals surface area (Å²) in [7, 11) is 3.47. The first-order valence-corrected chi connectivity index (χ1v) is 12.4. The van der Waals surface area contributed by atoms with Gasteiger partial charge < -0.3 is 25.6 Å². The van der Waals surface area contributed by atoms with Crippen LogP contribution in [-0.2, 0) is 16.1 Å². The molecule has 36 heavy (non-hydrogen) atoms. The van der Waals surface area contributed by atoms with Crippen LogP contribution in [0.4, 0.5) is 17.6 Å². The quantitative estimate of drug-likeness (QED) is 0.369. The van der Waals surface area contributed by atoms with E-state index in [0.717, 1.165) is 48.5 Å². The first-order chi connectivity index (χ1) is 17.4. The van der Waals surface area contributed by atoms with E-state index in [4.69, 9.17) is 14.7 Å². The number of anilines is 3. The van der Waals surface area contributed by atoms with Crippen LogP contribution in [0.3, 0.4) is 0 Å². The fourth-order valence-electron chi connectivity index (χ4n) is 3.96. The molecule has 1 amide bonds. The van der Waals surface area contributed by atoms with Crippen molar-refractivity contribution in [2.45, 2.75) is 45.2 Å². The monoisotopic (exact) mass is 492 g/mol. The van der Waals surface area contributed by atoms with Crippen LogP contribution in [0.2, 0.25) is 0 Å². The summed E-state index contributed by atoms with van der Waals surface area (Å²) in [6, 6.07) is 8.45. The fraction of sp³-hybridized carbons (Fsp3) is 0.462.